The molecule has 6 heteroatoms. The van der Waals surface area contributed by atoms with Crippen LogP contribution in [0.15, 0.2) is 48.5 Å². The monoisotopic (exact) mass is 414 g/mol. The number of nitrogens with zero attached hydrogens (tertiary/aromatic N) is 2. The van der Waals surface area contributed by atoms with E-state index in [0.717, 1.165) is 36.8 Å². The fourth-order valence-corrected chi connectivity index (χ4v) is 4.86. The summed E-state index contributed by atoms with van der Waals surface area (Å²) in [5.74, 6) is -1.59. The molecule has 6 nitrogen and oxygen atoms in total. The summed E-state index contributed by atoms with van der Waals surface area (Å²) in [4.78, 5) is 43.4. The topological polar surface area (TPSA) is 87.6 Å². The van der Waals surface area contributed by atoms with Gasteiger partial charge in [-0.05, 0) is 50.1 Å². The van der Waals surface area contributed by atoms with Crippen LogP contribution < -0.4 is 4.90 Å². The smallest absolute Gasteiger partial charge is 0.336 e. The molecular weight excluding hydrogens is 392 g/mol. The molecule has 0 spiro atoms. The fourth-order valence-electron chi connectivity index (χ4n) is 4.86. The number of fused-ring (bicyclic) bond motifs is 2. The molecule has 2 fully saturated rings. The highest BCUT2D eigenvalue weighted by Crippen LogP contribution is 2.40. The van der Waals surface area contributed by atoms with Gasteiger partial charge in [0.15, 0.2) is 0 Å². The van der Waals surface area contributed by atoms with E-state index in [2.05, 4.69) is 4.98 Å². The molecule has 5 rings (SSSR count). The van der Waals surface area contributed by atoms with Crippen LogP contribution >= 0.6 is 0 Å². The van der Waals surface area contributed by atoms with Gasteiger partial charge in [0.05, 0.1) is 34.3 Å². The minimum atomic E-state index is -1.01. The van der Waals surface area contributed by atoms with Crippen LogP contribution in [-0.4, -0.2) is 27.9 Å². The molecule has 1 N–H and O–H groups in total. The molecule has 156 valence electrons. The lowest BCUT2D eigenvalue weighted by molar-refractivity contribution is -0.122. The molecular formula is C25H22N2O4. The van der Waals surface area contributed by atoms with Crippen LogP contribution in [0.3, 0.4) is 0 Å². The zero-order valence-electron chi connectivity index (χ0n) is 17.2. The lowest BCUT2D eigenvalue weighted by atomic mass is 9.81. The third-order valence-electron chi connectivity index (χ3n) is 6.46. The van der Waals surface area contributed by atoms with Gasteiger partial charge in [0.25, 0.3) is 0 Å². The van der Waals surface area contributed by atoms with Crippen molar-refractivity contribution in [3.8, 4) is 11.3 Å². The quantitative estimate of drug-likeness (QED) is 0.634. The fraction of sp³-hybridized carbons (Fsp3) is 0.280. The second kappa shape index (κ2) is 7.30. The largest absolute Gasteiger partial charge is 0.478 e. The Morgan fingerprint density at radius 1 is 0.968 bits per heavy atom. The molecule has 2 heterocycles. The van der Waals surface area contributed by atoms with Crippen molar-refractivity contribution >= 4 is 34.4 Å². The van der Waals surface area contributed by atoms with E-state index in [0.29, 0.717) is 22.3 Å². The molecule has 2 amide bonds. The van der Waals surface area contributed by atoms with E-state index < -0.39 is 5.97 Å². The normalized spacial score (nSPS) is 20.9. The Labute approximate surface area is 179 Å². The van der Waals surface area contributed by atoms with Crippen molar-refractivity contribution in [2.24, 2.45) is 11.8 Å². The van der Waals surface area contributed by atoms with Crippen molar-refractivity contribution in [1.82, 2.24) is 4.98 Å². The van der Waals surface area contributed by atoms with E-state index in [9.17, 15) is 19.5 Å². The number of benzene rings is 2. The number of aromatic carboxylic acids is 1. The summed E-state index contributed by atoms with van der Waals surface area (Å²) in [5, 5.41) is 10.3. The molecule has 1 saturated carbocycles. The summed E-state index contributed by atoms with van der Waals surface area (Å²) in [6.07, 6.45) is 3.54. The van der Waals surface area contributed by atoms with E-state index in [1.54, 1.807) is 30.3 Å². The molecule has 1 aliphatic carbocycles. The van der Waals surface area contributed by atoms with Crippen molar-refractivity contribution < 1.29 is 19.5 Å². The lowest BCUT2D eigenvalue weighted by Crippen LogP contribution is -2.30. The zero-order chi connectivity index (χ0) is 21.7. The van der Waals surface area contributed by atoms with Crippen molar-refractivity contribution in [2.75, 3.05) is 4.90 Å². The van der Waals surface area contributed by atoms with Crippen molar-refractivity contribution in [3.05, 3.63) is 59.7 Å². The number of hydrogen-bond acceptors (Lipinski definition) is 4. The molecule has 2 aliphatic rings. The Morgan fingerprint density at radius 3 is 2.23 bits per heavy atom. The Kier molecular flexibility index (Phi) is 4.58. The molecule has 1 aromatic heterocycles. The number of carbonyl (C=O) groups excluding carboxylic acids is 2. The van der Waals surface area contributed by atoms with Crippen molar-refractivity contribution in [3.63, 3.8) is 0 Å². The lowest BCUT2D eigenvalue weighted by Gasteiger charge is -2.19. The Balaban J connectivity index is 1.51. The number of aryl methyl sites for hydroxylation is 1. The summed E-state index contributed by atoms with van der Waals surface area (Å²) >= 11 is 0. The van der Waals surface area contributed by atoms with Gasteiger partial charge in [-0.1, -0.05) is 36.6 Å². The van der Waals surface area contributed by atoms with Crippen LogP contribution in [0.25, 0.3) is 22.2 Å². The predicted molar refractivity (Wildman–Crippen MR) is 117 cm³/mol. The highest BCUT2D eigenvalue weighted by atomic mass is 16.4. The first-order valence-electron chi connectivity index (χ1n) is 10.6. The SMILES string of the molecule is Cc1ccc2nc(-c3ccc(N4C(=O)[C@@H]5CCCC[C@H]5C4=O)cc3)cc(C(=O)O)c2c1. The number of aromatic nitrogens is 1. The van der Waals surface area contributed by atoms with Gasteiger partial charge >= 0.3 is 5.97 Å². The van der Waals surface area contributed by atoms with Crippen LogP contribution in [-0.2, 0) is 9.59 Å². The first-order valence-corrected chi connectivity index (χ1v) is 10.6. The molecule has 1 aliphatic heterocycles. The molecule has 0 bridgehead atoms. The minimum absolute atomic E-state index is 0.102. The summed E-state index contributed by atoms with van der Waals surface area (Å²) in [6.45, 7) is 1.91. The van der Waals surface area contributed by atoms with E-state index >= 15 is 0 Å². The number of pyridine rings is 1. The Hall–Kier alpha value is -3.54. The molecule has 2 aromatic carbocycles. The molecule has 3 aromatic rings. The van der Waals surface area contributed by atoms with Crippen LogP contribution in [0.2, 0.25) is 0 Å². The Bertz CT molecular complexity index is 1210. The van der Waals surface area contributed by atoms with Gasteiger partial charge < -0.3 is 5.11 Å². The molecule has 31 heavy (non-hydrogen) atoms. The van der Waals surface area contributed by atoms with Gasteiger partial charge in [0.2, 0.25) is 11.8 Å². The van der Waals surface area contributed by atoms with Gasteiger partial charge in [-0.25, -0.2) is 9.78 Å². The van der Waals surface area contributed by atoms with Crippen LogP contribution in [0.5, 0.6) is 0 Å². The zero-order valence-corrected chi connectivity index (χ0v) is 17.2. The molecule has 1 saturated heterocycles. The number of imide groups is 1. The Morgan fingerprint density at radius 2 is 1.61 bits per heavy atom. The van der Waals surface area contributed by atoms with Gasteiger partial charge in [-0.15, -0.1) is 0 Å². The number of anilines is 1. The third-order valence-corrected chi connectivity index (χ3v) is 6.46. The number of carboxylic acids is 1. The first kappa shape index (κ1) is 19.4. The predicted octanol–water partition coefficient (Wildman–Crippen LogP) is 4.59. The summed E-state index contributed by atoms with van der Waals surface area (Å²) in [6, 6.07) is 14.2. The molecule has 2 atom stereocenters. The maximum Gasteiger partial charge on any atom is 0.336 e. The highest BCUT2D eigenvalue weighted by molar-refractivity contribution is 6.22. The first-order chi connectivity index (χ1) is 14.9. The number of hydrogen-bond donors (Lipinski definition) is 1. The minimum Gasteiger partial charge on any atom is -0.478 e. The second-order valence-corrected chi connectivity index (χ2v) is 8.44. The summed E-state index contributed by atoms with van der Waals surface area (Å²) in [5.41, 5.74) is 3.59. The third kappa shape index (κ3) is 3.19. The number of rotatable bonds is 3. The van der Waals surface area contributed by atoms with E-state index in [1.165, 1.54) is 4.90 Å². The van der Waals surface area contributed by atoms with E-state index in [1.807, 2.05) is 25.1 Å². The van der Waals surface area contributed by atoms with Crippen LogP contribution in [0, 0.1) is 18.8 Å². The molecule has 0 radical (unpaired) electrons. The van der Waals surface area contributed by atoms with Crippen LogP contribution in [0.1, 0.15) is 41.6 Å². The van der Waals surface area contributed by atoms with Gasteiger partial charge in [-0.3, -0.25) is 14.5 Å². The van der Waals surface area contributed by atoms with E-state index in [-0.39, 0.29) is 29.2 Å². The van der Waals surface area contributed by atoms with Gasteiger partial charge in [0.1, 0.15) is 0 Å². The molecule has 0 unspecified atom stereocenters. The second-order valence-electron chi connectivity index (χ2n) is 8.44. The average molecular weight is 414 g/mol. The van der Waals surface area contributed by atoms with Crippen molar-refractivity contribution in [1.29, 1.82) is 0 Å². The van der Waals surface area contributed by atoms with Crippen molar-refractivity contribution in [2.45, 2.75) is 32.6 Å². The van der Waals surface area contributed by atoms with Crippen LogP contribution in [0.4, 0.5) is 5.69 Å². The number of carbonyl (C=O) groups is 3. The van der Waals surface area contributed by atoms with Gasteiger partial charge in [0, 0.05) is 10.9 Å². The summed E-state index contributed by atoms with van der Waals surface area (Å²) < 4.78 is 0. The average Bonchev–Trinajstić information content (AvgIpc) is 3.03. The highest BCUT2D eigenvalue weighted by Gasteiger charge is 2.48. The maximum atomic E-state index is 12.8. The summed E-state index contributed by atoms with van der Waals surface area (Å²) in [7, 11) is 0. The maximum absolute atomic E-state index is 12.8. The number of amides is 2. The van der Waals surface area contributed by atoms with Gasteiger partial charge in [-0.2, -0.15) is 0 Å². The van der Waals surface area contributed by atoms with E-state index in [4.69, 9.17) is 0 Å². The standard InChI is InChI=1S/C25H22N2O4/c1-14-6-11-21-19(12-14)20(25(30)31)13-22(26-21)15-7-9-16(10-8-15)27-23(28)17-4-2-3-5-18(17)24(27)29/h6-13,17-18H,2-5H2,1H3,(H,30,31)/t17-,18-/m1/s1. The number of carboxylic acid groups (broad SMARTS) is 1.